The number of fused-ring (bicyclic) bond motifs is 2. The van der Waals surface area contributed by atoms with Crippen molar-refractivity contribution >= 4 is 44.2 Å². The Hall–Kier alpha value is -4.77. The first-order chi connectivity index (χ1) is 22.8. The molecule has 0 fully saturated rings. The van der Waals surface area contributed by atoms with Gasteiger partial charge in [0.2, 0.25) is 5.91 Å². The number of para-hydroxylation sites is 1. The summed E-state index contributed by atoms with van der Waals surface area (Å²) in [7, 11) is 1.60. The molecule has 9 nitrogen and oxygen atoms in total. The van der Waals surface area contributed by atoms with Gasteiger partial charge in [-0.3, -0.25) is 14.3 Å². The number of nitrogens with zero attached hydrogens (tertiary/aromatic N) is 5. The molecule has 2 aliphatic rings. The minimum atomic E-state index is -0.457. The third-order valence-corrected chi connectivity index (χ3v) is 9.67. The molecule has 2 aliphatic heterocycles. The Labute approximate surface area is 280 Å². The van der Waals surface area contributed by atoms with Gasteiger partial charge in [-0.05, 0) is 72.4 Å². The summed E-state index contributed by atoms with van der Waals surface area (Å²) in [5.41, 5.74) is 5.50. The highest BCUT2D eigenvalue weighted by Gasteiger charge is 2.30. The molecule has 0 bridgehead atoms. The molecule has 0 saturated heterocycles. The summed E-state index contributed by atoms with van der Waals surface area (Å²) in [6.45, 7) is 3.75. The summed E-state index contributed by atoms with van der Waals surface area (Å²) in [4.78, 5) is 34.0. The van der Waals surface area contributed by atoms with Crippen molar-refractivity contribution in [3.63, 3.8) is 0 Å². The van der Waals surface area contributed by atoms with E-state index in [0.717, 1.165) is 33.2 Å². The average molecular weight is 698 g/mol. The minimum absolute atomic E-state index is 0.0304. The van der Waals surface area contributed by atoms with E-state index in [4.69, 9.17) is 4.74 Å². The van der Waals surface area contributed by atoms with Crippen molar-refractivity contribution < 1.29 is 18.7 Å². The van der Waals surface area contributed by atoms with E-state index in [1.807, 2.05) is 54.3 Å². The number of halogens is 2. The van der Waals surface area contributed by atoms with Crippen molar-refractivity contribution in [3.05, 3.63) is 106 Å². The Balaban J connectivity index is 1.26. The molecule has 0 radical (unpaired) electrons. The van der Waals surface area contributed by atoms with Crippen molar-refractivity contribution in [2.45, 2.75) is 45.3 Å². The fourth-order valence-electron chi connectivity index (χ4n) is 6.71. The second kappa shape index (κ2) is 12.8. The highest BCUT2D eigenvalue weighted by molar-refractivity contribution is 9.10. The number of nitrogens with one attached hydrogen (secondary N) is 1. The molecule has 3 aromatic carbocycles. The molecular weight excluding hydrogens is 663 g/mol. The largest absolute Gasteiger partial charge is 0.496 e. The van der Waals surface area contributed by atoms with Gasteiger partial charge in [-0.25, -0.2) is 4.39 Å². The molecule has 1 N–H and O–H groups in total. The lowest BCUT2D eigenvalue weighted by Crippen LogP contribution is -2.42. The predicted octanol–water partition coefficient (Wildman–Crippen LogP) is 6.63. The predicted molar refractivity (Wildman–Crippen MR) is 181 cm³/mol. The molecule has 47 heavy (non-hydrogen) atoms. The molecule has 0 aliphatic carbocycles. The molecule has 11 heteroatoms. The van der Waals surface area contributed by atoms with Crippen molar-refractivity contribution in [3.8, 4) is 16.9 Å². The van der Waals surface area contributed by atoms with Gasteiger partial charge in [0.15, 0.2) is 5.82 Å². The van der Waals surface area contributed by atoms with Crippen molar-refractivity contribution in [1.29, 1.82) is 0 Å². The molecule has 240 valence electrons. The SMILES string of the molecule is COc1ccccc1-c1cc(C2=CCCN(C(=O)CCn3ccnn3)C2)c(F)c2[nH]c(C(=O)N3Cc4cc(Br)ccc4CC3C)cc12. The highest BCUT2D eigenvalue weighted by Crippen LogP contribution is 2.40. The van der Waals surface area contributed by atoms with Crippen LogP contribution in [0.25, 0.3) is 27.6 Å². The fourth-order valence-corrected chi connectivity index (χ4v) is 7.12. The second-order valence-corrected chi connectivity index (χ2v) is 13.0. The van der Waals surface area contributed by atoms with Crippen LogP contribution in [0.1, 0.15) is 46.9 Å². The second-order valence-electron chi connectivity index (χ2n) is 12.1. The zero-order valence-electron chi connectivity index (χ0n) is 26.2. The summed E-state index contributed by atoms with van der Waals surface area (Å²) in [5, 5.41) is 8.33. The van der Waals surface area contributed by atoms with Gasteiger partial charge >= 0.3 is 0 Å². The summed E-state index contributed by atoms with van der Waals surface area (Å²) in [6.07, 6.45) is 6.90. The molecule has 7 rings (SSSR count). The van der Waals surface area contributed by atoms with Crippen molar-refractivity contribution in [2.24, 2.45) is 0 Å². The molecular formula is C36H34BrFN6O3. The van der Waals surface area contributed by atoms with E-state index in [-0.39, 0.29) is 36.3 Å². The van der Waals surface area contributed by atoms with Crippen LogP contribution >= 0.6 is 15.9 Å². The van der Waals surface area contributed by atoms with Gasteiger partial charge in [0.25, 0.3) is 5.91 Å². The first-order valence-electron chi connectivity index (χ1n) is 15.7. The molecule has 2 aromatic heterocycles. The summed E-state index contributed by atoms with van der Waals surface area (Å²) in [5.74, 6) is -0.0431. The van der Waals surface area contributed by atoms with Gasteiger partial charge in [-0.15, -0.1) is 5.10 Å². The lowest BCUT2D eigenvalue weighted by atomic mass is 9.92. The van der Waals surface area contributed by atoms with Crippen molar-refractivity contribution in [1.82, 2.24) is 29.8 Å². The standard InChI is InChI=1S/C36H34BrFN6O3/c1-22-16-23-9-10-26(37)17-25(23)21-44(22)36(46)31-19-30-29(27-7-3-4-8-32(27)47-2)18-28(34(38)35(30)40-31)24-6-5-13-42(20-24)33(45)11-14-43-15-12-39-41-43/h3-4,6-10,12,15,17-19,22,40H,5,11,13-14,16,20-21H2,1-2H3. The monoisotopic (exact) mass is 696 g/mol. The Morgan fingerprint density at radius 2 is 1.91 bits per heavy atom. The topological polar surface area (TPSA) is 96.3 Å². The van der Waals surface area contributed by atoms with Crippen LogP contribution in [0, 0.1) is 5.82 Å². The van der Waals surface area contributed by atoms with Gasteiger partial charge in [0.1, 0.15) is 11.4 Å². The Kier molecular flexibility index (Phi) is 8.40. The number of rotatable bonds is 7. The molecule has 4 heterocycles. The number of aryl methyl sites for hydroxylation is 1. The summed E-state index contributed by atoms with van der Waals surface area (Å²) < 4.78 is 25.0. The molecule has 0 spiro atoms. The zero-order valence-corrected chi connectivity index (χ0v) is 27.8. The number of carbonyl (C=O) groups excluding carboxylic acids is 2. The number of aromatic amines is 1. The number of benzene rings is 3. The summed E-state index contributed by atoms with van der Waals surface area (Å²) in [6, 6.07) is 17.3. The van der Waals surface area contributed by atoms with E-state index in [0.29, 0.717) is 48.4 Å². The van der Waals surface area contributed by atoms with Gasteiger partial charge in [-0.2, -0.15) is 0 Å². The van der Waals surface area contributed by atoms with Crippen molar-refractivity contribution in [2.75, 3.05) is 20.2 Å². The highest BCUT2D eigenvalue weighted by atomic mass is 79.9. The van der Waals surface area contributed by atoms with Gasteiger partial charge in [0.05, 0.1) is 25.4 Å². The Morgan fingerprint density at radius 3 is 2.72 bits per heavy atom. The number of hydrogen-bond acceptors (Lipinski definition) is 5. The Morgan fingerprint density at radius 1 is 1.06 bits per heavy atom. The van der Waals surface area contributed by atoms with E-state index in [9.17, 15) is 9.59 Å². The average Bonchev–Trinajstić information content (AvgIpc) is 3.78. The first-order valence-corrected chi connectivity index (χ1v) is 16.5. The zero-order chi connectivity index (χ0) is 32.7. The fraction of sp³-hybridized carbons (Fsp3) is 0.278. The number of aromatic nitrogens is 4. The lowest BCUT2D eigenvalue weighted by molar-refractivity contribution is -0.131. The van der Waals surface area contributed by atoms with Crippen LogP contribution in [0.3, 0.4) is 0 Å². The number of methoxy groups -OCH3 is 1. The van der Waals surface area contributed by atoms with Crippen LogP contribution < -0.4 is 4.74 Å². The van der Waals surface area contributed by atoms with Gasteiger partial charge in [0, 0.05) is 59.3 Å². The number of carbonyl (C=O) groups is 2. The number of amides is 2. The van der Waals surface area contributed by atoms with Crippen LogP contribution in [-0.4, -0.2) is 67.8 Å². The maximum atomic E-state index is 16.7. The van der Waals surface area contributed by atoms with E-state index in [2.05, 4.69) is 43.4 Å². The number of hydrogen-bond donors (Lipinski definition) is 1. The quantitative estimate of drug-likeness (QED) is 0.206. The molecule has 1 unspecified atom stereocenters. The molecule has 1 atom stereocenters. The van der Waals surface area contributed by atoms with E-state index in [1.54, 1.807) is 35.2 Å². The lowest BCUT2D eigenvalue weighted by Gasteiger charge is -2.34. The smallest absolute Gasteiger partial charge is 0.270 e. The van der Waals surface area contributed by atoms with Crippen LogP contribution in [0.15, 0.2) is 77.5 Å². The molecule has 0 saturated carbocycles. The molecule has 2 amide bonds. The van der Waals surface area contributed by atoms with Gasteiger partial charge in [-0.1, -0.05) is 51.5 Å². The van der Waals surface area contributed by atoms with Gasteiger partial charge < -0.3 is 19.5 Å². The van der Waals surface area contributed by atoms with Crippen LogP contribution in [0.4, 0.5) is 4.39 Å². The van der Waals surface area contributed by atoms with E-state index >= 15 is 4.39 Å². The maximum absolute atomic E-state index is 16.7. The number of H-pyrrole nitrogens is 1. The minimum Gasteiger partial charge on any atom is -0.496 e. The first kappa shape index (κ1) is 30.9. The van der Waals surface area contributed by atoms with Crippen LogP contribution in [-0.2, 0) is 24.3 Å². The third-order valence-electron chi connectivity index (χ3n) is 9.17. The molecule has 5 aromatic rings. The van der Waals surface area contributed by atoms with Crippen LogP contribution in [0.2, 0.25) is 0 Å². The van der Waals surface area contributed by atoms with E-state index < -0.39 is 5.82 Å². The third kappa shape index (κ3) is 5.95. The summed E-state index contributed by atoms with van der Waals surface area (Å²) >= 11 is 3.55. The van der Waals surface area contributed by atoms with Crippen LogP contribution in [0.5, 0.6) is 5.75 Å². The Bertz CT molecular complexity index is 2020. The normalized spacial score (nSPS) is 16.3. The van der Waals surface area contributed by atoms with E-state index in [1.165, 1.54) is 5.56 Å². The maximum Gasteiger partial charge on any atom is 0.270 e. The number of ether oxygens (including phenoxy) is 1.